The summed E-state index contributed by atoms with van der Waals surface area (Å²) in [7, 11) is 0. The van der Waals surface area contributed by atoms with Crippen LogP contribution in [0.4, 0.5) is 17.1 Å². The number of anilines is 3. The Bertz CT molecular complexity index is 3810. The van der Waals surface area contributed by atoms with Crippen LogP contribution in [-0.2, 0) is 21.7 Å². The highest BCUT2D eigenvalue weighted by Gasteiger charge is 2.42. The first-order valence-electron chi connectivity index (χ1n) is 27.8. The van der Waals surface area contributed by atoms with Crippen molar-refractivity contribution >= 4 is 38.9 Å². The normalized spacial score (nSPS) is 14.2. The van der Waals surface area contributed by atoms with Crippen LogP contribution in [0.5, 0.6) is 0 Å². The Morgan fingerprint density at radius 1 is 0.387 bits per heavy atom. The lowest BCUT2D eigenvalue weighted by Gasteiger charge is -2.30. The Hall–Kier alpha value is -7.42. The molecule has 75 heavy (non-hydrogen) atoms. The molecule has 2 heteroatoms. The first-order chi connectivity index (χ1) is 36.1. The van der Waals surface area contributed by atoms with E-state index in [0.29, 0.717) is 0 Å². The van der Waals surface area contributed by atoms with Crippen molar-refractivity contribution in [1.82, 2.24) is 4.57 Å². The Balaban J connectivity index is 0.878. The number of rotatable bonds is 12. The van der Waals surface area contributed by atoms with E-state index in [9.17, 15) is 0 Å². The minimum atomic E-state index is -0.141. The number of hydrogen-bond donors (Lipinski definition) is 0. The van der Waals surface area contributed by atoms with Crippen LogP contribution in [-0.4, -0.2) is 4.57 Å². The van der Waals surface area contributed by atoms with Crippen molar-refractivity contribution in [2.75, 3.05) is 4.90 Å². The first-order valence-corrected chi connectivity index (χ1v) is 27.8. The van der Waals surface area contributed by atoms with Gasteiger partial charge in [-0.25, -0.2) is 0 Å². The van der Waals surface area contributed by atoms with Crippen molar-refractivity contribution in [3.63, 3.8) is 0 Å². The second-order valence-corrected chi connectivity index (χ2v) is 23.6. The number of hydrogen-bond acceptors (Lipinski definition) is 1. The molecule has 2 aliphatic carbocycles. The van der Waals surface area contributed by atoms with Crippen molar-refractivity contribution in [3.8, 4) is 50.2 Å². The van der Waals surface area contributed by atoms with E-state index in [1.807, 2.05) is 0 Å². The van der Waals surface area contributed by atoms with Gasteiger partial charge < -0.3 is 9.47 Å². The van der Waals surface area contributed by atoms with E-state index in [2.05, 4.69) is 274 Å². The highest BCUT2D eigenvalue weighted by atomic mass is 15.1. The maximum atomic E-state index is 2.55. The summed E-state index contributed by atoms with van der Waals surface area (Å²) in [5.74, 6) is 0. The lowest BCUT2D eigenvalue weighted by molar-refractivity contribution is 0.438. The number of nitrogens with zero attached hydrogens (tertiary/aromatic N) is 2. The third-order valence-electron chi connectivity index (χ3n) is 19.0. The zero-order valence-corrected chi connectivity index (χ0v) is 46.1. The van der Waals surface area contributed by atoms with Crippen molar-refractivity contribution < 1.29 is 0 Å². The molecule has 2 nitrogen and oxygen atoms in total. The van der Waals surface area contributed by atoms with Gasteiger partial charge in [-0.15, -0.1) is 0 Å². The summed E-state index contributed by atoms with van der Waals surface area (Å²) in [6.45, 7) is 26.0. The average molecular weight is 977 g/mol. The number of aromatic nitrogens is 1. The number of benzene rings is 9. The predicted octanol–water partition coefficient (Wildman–Crippen LogP) is 20.7. The molecule has 0 fully saturated rings. The molecular formula is C73H72N2. The maximum Gasteiger partial charge on any atom is 0.0541 e. The van der Waals surface area contributed by atoms with Gasteiger partial charge in [0, 0.05) is 44.4 Å². The molecule has 9 aromatic carbocycles. The van der Waals surface area contributed by atoms with Crippen LogP contribution in [0.2, 0.25) is 0 Å². The van der Waals surface area contributed by atoms with Crippen LogP contribution >= 0.6 is 0 Å². The lowest BCUT2D eigenvalue weighted by atomic mass is 9.74. The molecule has 0 saturated heterocycles. The zero-order valence-electron chi connectivity index (χ0n) is 46.1. The molecule has 0 unspecified atom stereocenters. The van der Waals surface area contributed by atoms with Gasteiger partial charge in [-0.05, 0) is 206 Å². The Labute approximate surface area is 446 Å². The predicted molar refractivity (Wildman–Crippen MR) is 322 cm³/mol. The maximum absolute atomic E-state index is 2.55. The first kappa shape index (κ1) is 48.5. The van der Waals surface area contributed by atoms with Crippen LogP contribution < -0.4 is 4.90 Å². The summed E-state index contributed by atoms with van der Waals surface area (Å²) in [6, 6.07) is 72.1. The zero-order chi connectivity index (χ0) is 52.2. The number of aryl methyl sites for hydroxylation is 1. The van der Waals surface area contributed by atoms with E-state index in [-0.39, 0.29) is 21.7 Å². The van der Waals surface area contributed by atoms with E-state index < -0.39 is 0 Å². The summed E-state index contributed by atoms with van der Waals surface area (Å²) in [5, 5.41) is 2.52. The van der Waals surface area contributed by atoms with Gasteiger partial charge in [0.15, 0.2) is 0 Å². The second-order valence-electron chi connectivity index (χ2n) is 23.6. The second kappa shape index (κ2) is 17.9. The highest BCUT2D eigenvalue weighted by Crippen LogP contribution is 2.57. The van der Waals surface area contributed by atoms with Crippen molar-refractivity contribution in [2.45, 2.75) is 124 Å². The fourth-order valence-corrected chi connectivity index (χ4v) is 13.0. The van der Waals surface area contributed by atoms with Crippen molar-refractivity contribution in [2.24, 2.45) is 0 Å². The summed E-state index contributed by atoms with van der Waals surface area (Å²) in [6.07, 6.45) is 4.49. The standard InChI is InChI=1S/C73H72N2/c1-12-72(10,13-2)52-28-37-56(38-29-52)74(54-33-22-48(23-34-54)50-27-41-69-63(42-50)60-18-16-17-19-68(60)75(69)57-31-20-47(5)21-32-57)55-35-24-49(25-36-55)51-26-39-58-61-45-67-62(46-66(61)70(6,7)64(58)43-51)59-40-30-53(73(11,14-3)15-4)44-65(59)71(67,8)9/h16-46H,12-15H2,1-11H3. The van der Waals surface area contributed by atoms with Crippen LogP contribution in [0.3, 0.4) is 0 Å². The molecule has 0 N–H and O–H groups in total. The molecule has 0 amide bonds. The molecule has 0 saturated carbocycles. The summed E-state index contributed by atoms with van der Waals surface area (Å²) < 4.78 is 2.40. The topological polar surface area (TPSA) is 8.17 Å². The van der Waals surface area contributed by atoms with E-state index in [1.165, 1.54) is 111 Å². The molecule has 2 aliphatic rings. The lowest BCUT2D eigenvalue weighted by Crippen LogP contribution is -2.21. The van der Waals surface area contributed by atoms with Gasteiger partial charge in [0.05, 0.1) is 11.0 Å². The summed E-state index contributed by atoms with van der Waals surface area (Å²) in [5.41, 5.74) is 27.5. The number of para-hydroxylation sites is 1. The van der Waals surface area contributed by atoms with Gasteiger partial charge in [-0.2, -0.15) is 0 Å². The molecular weight excluding hydrogens is 905 g/mol. The van der Waals surface area contributed by atoms with Gasteiger partial charge in [0.2, 0.25) is 0 Å². The van der Waals surface area contributed by atoms with Crippen LogP contribution in [0.15, 0.2) is 188 Å². The quantitative estimate of drug-likeness (QED) is 0.118. The van der Waals surface area contributed by atoms with E-state index in [4.69, 9.17) is 0 Å². The van der Waals surface area contributed by atoms with Crippen molar-refractivity contribution in [1.29, 1.82) is 0 Å². The van der Waals surface area contributed by atoms with Gasteiger partial charge >= 0.3 is 0 Å². The van der Waals surface area contributed by atoms with Crippen LogP contribution in [0, 0.1) is 6.92 Å². The van der Waals surface area contributed by atoms with Crippen LogP contribution in [0.25, 0.3) is 72.0 Å². The SMILES string of the molecule is CCC(C)(CC)c1ccc(N(c2ccc(-c3ccc4c(c3)C(C)(C)c3cc5c(cc3-4)C(C)(C)c3cc(C(C)(CC)CC)ccc3-5)cc2)c2ccc(-c3ccc4c(c3)c3ccccc3n4-c3ccc(C)cc3)cc2)cc1. The molecule has 374 valence electrons. The fourth-order valence-electron chi connectivity index (χ4n) is 13.0. The molecule has 0 spiro atoms. The average Bonchev–Trinajstić information content (AvgIpc) is 3.98. The Morgan fingerprint density at radius 3 is 1.37 bits per heavy atom. The van der Waals surface area contributed by atoms with Gasteiger partial charge in [0.1, 0.15) is 0 Å². The molecule has 1 aromatic heterocycles. The molecule has 0 radical (unpaired) electrons. The fraction of sp³-hybridized carbons (Fsp3) is 0.260. The molecule has 0 bridgehead atoms. The molecule has 0 atom stereocenters. The molecule has 0 aliphatic heterocycles. The van der Waals surface area contributed by atoms with Gasteiger partial charge in [-0.3, -0.25) is 0 Å². The van der Waals surface area contributed by atoms with Crippen molar-refractivity contribution in [3.05, 3.63) is 227 Å². The van der Waals surface area contributed by atoms with Crippen LogP contribution in [0.1, 0.15) is 134 Å². The number of fused-ring (bicyclic) bond motifs is 9. The van der Waals surface area contributed by atoms with Gasteiger partial charge in [0.25, 0.3) is 0 Å². The van der Waals surface area contributed by atoms with E-state index in [0.717, 1.165) is 42.7 Å². The van der Waals surface area contributed by atoms with E-state index >= 15 is 0 Å². The highest BCUT2D eigenvalue weighted by molar-refractivity contribution is 6.10. The van der Waals surface area contributed by atoms with E-state index in [1.54, 1.807) is 0 Å². The summed E-state index contributed by atoms with van der Waals surface area (Å²) in [4.78, 5) is 2.42. The third kappa shape index (κ3) is 7.65. The minimum absolute atomic E-state index is 0.0723. The molecule has 1 heterocycles. The molecule has 10 aromatic rings. The minimum Gasteiger partial charge on any atom is -0.311 e. The largest absolute Gasteiger partial charge is 0.311 e. The monoisotopic (exact) mass is 977 g/mol. The Kier molecular flexibility index (Phi) is 11.6. The summed E-state index contributed by atoms with van der Waals surface area (Å²) >= 11 is 0. The Morgan fingerprint density at radius 2 is 0.813 bits per heavy atom. The van der Waals surface area contributed by atoms with Gasteiger partial charge in [-0.1, -0.05) is 178 Å². The third-order valence-corrected chi connectivity index (χ3v) is 19.0. The molecule has 12 rings (SSSR count). The smallest absolute Gasteiger partial charge is 0.0541 e.